The number of likely N-dealkylation sites (N-methyl/N-ethyl adjacent to an activating group) is 1. The second-order valence-electron chi connectivity index (χ2n) is 6.90. The Morgan fingerprint density at radius 1 is 1.17 bits per heavy atom. The van der Waals surface area contributed by atoms with Crippen molar-refractivity contribution in [2.24, 2.45) is 0 Å². The Hall–Kier alpha value is -1.76. The van der Waals surface area contributed by atoms with Crippen molar-refractivity contribution in [3.63, 3.8) is 0 Å². The Labute approximate surface area is 142 Å². The van der Waals surface area contributed by atoms with Gasteiger partial charge in [0.1, 0.15) is 0 Å². The zero-order chi connectivity index (χ0) is 16.7. The molecule has 0 bridgehead atoms. The van der Waals surface area contributed by atoms with Gasteiger partial charge in [-0.15, -0.1) is 10.2 Å². The highest BCUT2D eigenvalue weighted by Gasteiger charge is 2.41. The van der Waals surface area contributed by atoms with Crippen LogP contribution in [0.2, 0.25) is 0 Å². The van der Waals surface area contributed by atoms with Gasteiger partial charge in [0.25, 0.3) is 0 Å². The van der Waals surface area contributed by atoms with Crippen LogP contribution in [0.25, 0.3) is 11.5 Å². The highest BCUT2D eigenvalue weighted by atomic mass is 16.5. The topological polar surface area (TPSA) is 54.6 Å². The van der Waals surface area contributed by atoms with Crippen molar-refractivity contribution in [1.29, 1.82) is 0 Å². The van der Waals surface area contributed by atoms with Crippen LogP contribution in [0.15, 0.2) is 28.7 Å². The predicted octanol–water partition coefficient (Wildman–Crippen LogP) is 2.12. The summed E-state index contributed by atoms with van der Waals surface area (Å²) in [5.41, 5.74) is 2.18. The molecule has 3 heterocycles. The van der Waals surface area contributed by atoms with Crippen LogP contribution in [0.3, 0.4) is 0 Å². The first kappa shape index (κ1) is 15.7. The average molecular weight is 328 g/mol. The summed E-state index contributed by atoms with van der Waals surface area (Å²) < 4.78 is 11.9. The van der Waals surface area contributed by atoms with Crippen molar-refractivity contribution in [2.75, 3.05) is 33.3 Å². The summed E-state index contributed by atoms with van der Waals surface area (Å²) in [6.07, 6.45) is 0.283. The maximum absolute atomic E-state index is 5.95. The third-order valence-electron chi connectivity index (χ3n) is 5.25. The Balaban J connectivity index is 1.49. The Kier molecular flexibility index (Phi) is 4.12. The lowest BCUT2D eigenvalue weighted by molar-refractivity contribution is -0.0372. The molecule has 4 rings (SSSR count). The highest BCUT2D eigenvalue weighted by Crippen LogP contribution is 2.30. The summed E-state index contributed by atoms with van der Waals surface area (Å²) in [5, 5.41) is 8.51. The normalized spacial score (nSPS) is 26.5. The first-order chi connectivity index (χ1) is 11.6. The molecule has 2 aliphatic heterocycles. The molecule has 0 saturated carbocycles. The molecule has 2 fully saturated rings. The minimum absolute atomic E-state index is 0.0966. The minimum atomic E-state index is 0.0966. The fraction of sp³-hybridized carbons (Fsp3) is 0.556. The Morgan fingerprint density at radius 3 is 2.71 bits per heavy atom. The number of aryl methyl sites for hydroxylation is 1. The van der Waals surface area contributed by atoms with E-state index in [1.54, 1.807) is 0 Å². The summed E-state index contributed by atoms with van der Waals surface area (Å²) >= 11 is 0. The second-order valence-corrected chi connectivity index (χ2v) is 6.90. The van der Waals surface area contributed by atoms with Gasteiger partial charge in [0.15, 0.2) is 0 Å². The molecule has 0 unspecified atom stereocenters. The minimum Gasteiger partial charge on any atom is -0.419 e. The molecular formula is C18H24N4O2. The van der Waals surface area contributed by atoms with Crippen LogP contribution in [0.4, 0.5) is 0 Å². The Bertz CT molecular complexity index is 699. The number of ether oxygens (including phenoxy) is 1. The van der Waals surface area contributed by atoms with Crippen LogP contribution in [0.5, 0.6) is 0 Å². The third-order valence-corrected chi connectivity index (χ3v) is 5.25. The molecular weight excluding hydrogens is 304 g/mol. The molecule has 6 heteroatoms. The van der Waals surface area contributed by atoms with Crippen LogP contribution < -0.4 is 0 Å². The average Bonchev–Trinajstić information content (AvgIpc) is 3.23. The molecule has 0 aliphatic carbocycles. The van der Waals surface area contributed by atoms with E-state index in [0.29, 0.717) is 17.8 Å². The molecule has 24 heavy (non-hydrogen) atoms. The molecule has 2 saturated heterocycles. The molecule has 128 valence electrons. The van der Waals surface area contributed by atoms with Crippen molar-refractivity contribution in [3.05, 3.63) is 35.7 Å². The highest BCUT2D eigenvalue weighted by molar-refractivity contribution is 5.52. The monoisotopic (exact) mass is 328 g/mol. The van der Waals surface area contributed by atoms with E-state index in [0.717, 1.165) is 31.8 Å². The standard InChI is InChI=1S/C18H24N4O2/c1-12-4-6-14(7-5-12)18-20-19-17(24-18)13(2)22-10-15-16(11-22)23-9-8-21(15)3/h4-7,13,15-16H,8-11H2,1-3H3/t13-,15+,16-/m0/s1. The lowest BCUT2D eigenvalue weighted by Crippen LogP contribution is -2.48. The van der Waals surface area contributed by atoms with E-state index in [1.807, 2.05) is 12.1 Å². The maximum atomic E-state index is 5.95. The third kappa shape index (κ3) is 2.85. The van der Waals surface area contributed by atoms with Crippen molar-refractivity contribution in [2.45, 2.75) is 32.0 Å². The molecule has 2 aromatic rings. The van der Waals surface area contributed by atoms with Gasteiger partial charge in [0.05, 0.1) is 18.8 Å². The largest absolute Gasteiger partial charge is 0.419 e. The van der Waals surface area contributed by atoms with E-state index in [2.05, 4.69) is 53.0 Å². The molecule has 0 spiro atoms. The van der Waals surface area contributed by atoms with Crippen LogP contribution in [0, 0.1) is 6.92 Å². The van der Waals surface area contributed by atoms with Crippen LogP contribution in [-0.2, 0) is 4.74 Å². The summed E-state index contributed by atoms with van der Waals surface area (Å²) in [6, 6.07) is 8.71. The van der Waals surface area contributed by atoms with E-state index >= 15 is 0 Å². The summed E-state index contributed by atoms with van der Waals surface area (Å²) in [7, 11) is 2.18. The van der Waals surface area contributed by atoms with Gasteiger partial charge in [0.2, 0.25) is 11.8 Å². The summed E-state index contributed by atoms with van der Waals surface area (Å²) in [4.78, 5) is 4.77. The van der Waals surface area contributed by atoms with Gasteiger partial charge in [0, 0.05) is 31.2 Å². The van der Waals surface area contributed by atoms with Crippen LogP contribution in [-0.4, -0.2) is 65.4 Å². The fourth-order valence-corrected chi connectivity index (χ4v) is 3.57. The van der Waals surface area contributed by atoms with Gasteiger partial charge in [-0.1, -0.05) is 17.7 Å². The van der Waals surface area contributed by atoms with Crippen molar-refractivity contribution >= 4 is 0 Å². The summed E-state index contributed by atoms with van der Waals surface area (Å²) in [5.74, 6) is 1.26. The fourth-order valence-electron chi connectivity index (χ4n) is 3.57. The molecule has 1 aromatic carbocycles. The number of hydrogen-bond donors (Lipinski definition) is 0. The number of nitrogens with zero attached hydrogens (tertiary/aromatic N) is 4. The number of fused-ring (bicyclic) bond motifs is 1. The number of hydrogen-bond acceptors (Lipinski definition) is 6. The lowest BCUT2D eigenvalue weighted by Gasteiger charge is -2.33. The number of rotatable bonds is 3. The van der Waals surface area contributed by atoms with E-state index < -0.39 is 0 Å². The van der Waals surface area contributed by atoms with E-state index in [9.17, 15) is 0 Å². The number of morpholine rings is 1. The molecule has 3 atom stereocenters. The van der Waals surface area contributed by atoms with Gasteiger partial charge in [-0.2, -0.15) is 0 Å². The van der Waals surface area contributed by atoms with Gasteiger partial charge < -0.3 is 9.15 Å². The van der Waals surface area contributed by atoms with Gasteiger partial charge >= 0.3 is 0 Å². The zero-order valence-corrected chi connectivity index (χ0v) is 14.5. The SMILES string of the molecule is Cc1ccc(-c2nnc([C@H](C)N3C[C@@H]4OCCN(C)[C@@H]4C3)o2)cc1. The molecule has 1 aromatic heterocycles. The van der Waals surface area contributed by atoms with Crippen molar-refractivity contribution in [3.8, 4) is 11.5 Å². The van der Waals surface area contributed by atoms with Gasteiger partial charge in [-0.3, -0.25) is 9.80 Å². The van der Waals surface area contributed by atoms with Crippen LogP contribution in [0.1, 0.15) is 24.4 Å². The Morgan fingerprint density at radius 2 is 1.96 bits per heavy atom. The maximum Gasteiger partial charge on any atom is 0.247 e. The lowest BCUT2D eigenvalue weighted by atomic mass is 10.1. The first-order valence-corrected chi connectivity index (χ1v) is 8.58. The number of benzene rings is 1. The van der Waals surface area contributed by atoms with Crippen LogP contribution >= 0.6 is 0 Å². The van der Waals surface area contributed by atoms with Crippen molar-refractivity contribution in [1.82, 2.24) is 20.0 Å². The first-order valence-electron chi connectivity index (χ1n) is 8.58. The quantitative estimate of drug-likeness (QED) is 0.860. The zero-order valence-electron chi connectivity index (χ0n) is 14.5. The molecule has 0 radical (unpaired) electrons. The van der Waals surface area contributed by atoms with Crippen molar-refractivity contribution < 1.29 is 9.15 Å². The molecule has 6 nitrogen and oxygen atoms in total. The van der Waals surface area contributed by atoms with E-state index in [1.165, 1.54) is 5.56 Å². The van der Waals surface area contributed by atoms with Gasteiger partial charge in [-0.25, -0.2) is 0 Å². The number of likely N-dealkylation sites (tertiary alicyclic amines) is 1. The number of aromatic nitrogens is 2. The molecule has 2 aliphatic rings. The molecule has 0 N–H and O–H groups in total. The predicted molar refractivity (Wildman–Crippen MR) is 90.6 cm³/mol. The summed E-state index contributed by atoms with van der Waals surface area (Å²) in [6.45, 7) is 7.91. The smallest absolute Gasteiger partial charge is 0.247 e. The molecule has 0 amide bonds. The van der Waals surface area contributed by atoms with E-state index in [4.69, 9.17) is 9.15 Å². The van der Waals surface area contributed by atoms with E-state index in [-0.39, 0.29) is 12.1 Å². The second kappa shape index (κ2) is 6.27. The van der Waals surface area contributed by atoms with Gasteiger partial charge in [-0.05, 0) is 33.0 Å².